The van der Waals surface area contributed by atoms with Gasteiger partial charge >= 0.3 is 5.97 Å². The van der Waals surface area contributed by atoms with Gasteiger partial charge in [-0.1, -0.05) is 29.8 Å². The van der Waals surface area contributed by atoms with Crippen molar-refractivity contribution < 1.29 is 9.90 Å². The summed E-state index contributed by atoms with van der Waals surface area (Å²) in [5.41, 5.74) is 2.69. The number of carboxylic acids is 1. The van der Waals surface area contributed by atoms with Gasteiger partial charge in [0.1, 0.15) is 0 Å². The molecule has 0 aliphatic rings. The van der Waals surface area contributed by atoms with E-state index in [4.69, 9.17) is 16.7 Å². The van der Waals surface area contributed by atoms with Crippen molar-refractivity contribution >= 4 is 28.5 Å². The summed E-state index contributed by atoms with van der Waals surface area (Å²) in [6, 6.07) is 14.5. The van der Waals surface area contributed by atoms with Crippen LogP contribution in [-0.2, 0) is 0 Å². The molecule has 1 N–H and O–H groups in total. The van der Waals surface area contributed by atoms with Crippen molar-refractivity contribution in [3.8, 4) is 11.1 Å². The molecule has 2 aromatic carbocycles. The first-order chi connectivity index (χ1) is 9.63. The summed E-state index contributed by atoms with van der Waals surface area (Å²) in [5.74, 6) is -0.993. The minimum Gasteiger partial charge on any atom is -0.478 e. The summed E-state index contributed by atoms with van der Waals surface area (Å²) >= 11 is 5.98. The molecule has 3 rings (SSSR count). The second-order valence-electron chi connectivity index (χ2n) is 4.44. The highest BCUT2D eigenvalue weighted by Crippen LogP contribution is 2.27. The lowest BCUT2D eigenvalue weighted by Gasteiger charge is -2.06. The van der Waals surface area contributed by atoms with E-state index in [9.17, 15) is 4.79 Å². The summed E-state index contributed by atoms with van der Waals surface area (Å²) < 4.78 is 0. The van der Waals surface area contributed by atoms with Crippen LogP contribution in [0, 0.1) is 0 Å². The Morgan fingerprint density at radius 1 is 1.05 bits per heavy atom. The van der Waals surface area contributed by atoms with E-state index in [1.54, 1.807) is 18.3 Å². The Morgan fingerprint density at radius 2 is 1.90 bits per heavy atom. The van der Waals surface area contributed by atoms with Gasteiger partial charge in [0.25, 0.3) is 0 Å². The molecule has 1 aromatic heterocycles. The standard InChI is InChI=1S/C16H10ClNO2/c17-14-7-12(6-13(8-14)16(19)20)11-4-3-10-2-1-5-18-15(10)9-11/h1-9H,(H,19,20). The van der Waals surface area contributed by atoms with E-state index in [1.807, 2.05) is 30.3 Å². The van der Waals surface area contributed by atoms with E-state index in [1.165, 1.54) is 6.07 Å². The van der Waals surface area contributed by atoms with E-state index < -0.39 is 5.97 Å². The first kappa shape index (κ1) is 12.6. The Bertz CT molecular complexity index is 814. The number of halogens is 1. The SMILES string of the molecule is O=C(O)c1cc(Cl)cc(-c2ccc3cccnc3c2)c1. The zero-order valence-electron chi connectivity index (χ0n) is 10.4. The summed E-state index contributed by atoms with van der Waals surface area (Å²) in [5, 5.41) is 10.5. The third-order valence-corrected chi connectivity index (χ3v) is 3.30. The zero-order chi connectivity index (χ0) is 14.1. The smallest absolute Gasteiger partial charge is 0.335 e. The van der Waals surface area contributed by atoms with Crippen LogP contribution in [0.15, 0.2) is 54.7 Å². The molecular formula is C16H10ClNO2. The van der Waals surface area contributed by atoms with Gasteiger partial charge < -0.3 is 5.11 Å². The van der Waals surface area contributed by atoms with E-state index in [-0.39, 0.29) is 5.56 Å². The monoisotopic (exact) mass is 283 g/mol. The Balaban J connectivity index is 2.17. The first-order valence-corrected chi connectivity index (χ1v) is 6.40. The fraction of sp³-hybridized carbons (Fsp3) is 0. The second kappa shape index (κ2) is 4.94. The number of benzene rings is 2. The maximum Gasteiger partial charge on any atom is 0.335 e. The summed E-state index contributed by atoms with van der Waals surface area (Å²) in [6.45, 7) is 0. The number of hydrogen-bond donors (Lipinski definition) is 1. The molecule has 3 nitrogen and oxygen atoms in total. The number of carbonyl (C=O) groups is 1. The molecule has 98 valence electrons. The number of rotatable bonds is 2. The topological polar surface area (TPSA) is 50.2 Å². The lowest BCUT2D eigenvalue weighted by molar-refractivity contribution is 0.0697. The van der Waals surface area contributed by atoms with Gasteiger partial charge in [-0.2, -0.15) is 0 Å². The van der Waals surface area contributed by atoms with Crippen LogP contribution in [0.3, 0.4) is 0 Å². The highest BCUT2D eigenvalue weighted by molar-refractivity contribution is 6.31. The molecule has 4 heteroatoms. The molecule has 0 atom stereocenters. The molecule has 0 aliphatic heterocycles. The van der Waals surface area contributed by atoms with Gasteiger partial charge in [-0.15, -0.1) is 0 Å². The quantitative estimate of drug-likeness (QED) is 0.765. The summed E-state index contributed by atoms with van der Waals surface area (Å²) in [7, 11) is 0. The fourth-order valence-corrected chi connectivity index (χ4v) is 2.36. The fourth-order valence-electron chi connectivity index (χ4n) is 2.13. The number of fused-ring (bicyclic) bond motifs is 1. The van der Waals surface area contributed by atoms with Gasteiger partial charge in [0.15, 0.2) is 0 Å². The first-order valence-electron chi connectivity index (χ1n) is 6.02. The van der Waals surface area contributed by atoms with Gasteiger partial charge in [0, 0.05) is 16.6 Å². The van der Waals surface area contributed by atoms with Crippen LogP contribution >= 0.6 is 11.6 Å². The number of nitrogens with zero attached hydrogens (tertiary/aromatic N) is 1. The second-order valence-corrected chi connectivity index (χ2v) is 4.88. The molecule has 1 heterocycles. The predicted molar refractivity (Wildman–Crippen MR) is 79.1 cm³/mol. The van der Waals surface area contributed by atoms with Crippen LogP contribution in [0.4, 0.5) is 0 Å². The minimum atomic E-state index is -0.993. The number of pyridine rings is 1. The molecule has 0 saturated heterocycles. The predicted octanol–water partition coefficient (Wildman–Crippen LogP) is 4.25. The molecule has 0 fully saturated rings. The van der Waals surface area contributed by atoms with Gasteiger partial charge in [0.2, 0.25) is 0 Å². The largest absolute Gasteiger partial charge is 0.478 e. The third kappa shape index (κ3) is 2.36. The normalized spacial score (nSPS) is 10.7. The molecule has 0 aliphatic carbocycles. The van der Waals surface area contributed by atoms with E-state index in [2.05, 4.69) is 4.98 Å². The zero-order valence-corrected chi connectivity index (χ0v) is 11.1. The summed E-state index contributed by atoms with van der Waals surface area (Å²) in [4.78, 5) is 15.4. The summed E-state index contributed by atoms with van der Waals surface area (Å²) in [6.07, 6.45) is 1.73. The highest BCUT2D eigenvalue weighted by atomic mass is 35.5. The van der Waals surface area contributed by atoms with Crippen molar-refractivity contribution in [2.45, 2.75) is 0 Å². The van der Waals surface area contributed by atoms with Gasteiger partial charge in [0.05, 0.1) is 11.1 Å². The van der Waals surface area contributed by atoms with Crippen molar-refractivity contribution in [1.82, 2.24) is 4.98 Å². The van der Waals surface area contributed by atoms with Gasteiger partial charge in [-0.05, 0) is 41.5 Å². The number of aromatic carboxylic acids is 1. The molecule has 3 aromatic rings. The molecule has 20 heavy (non-hydrogen) atoms. The molecule has 0 spiro atoms. The molecule has 0 bridgehead atoms. The van der Waals surface area contributed by atoms with Crippen LogP contribution in [-0.4, -0.2) is 16.1 Å². The van der Waals surface area contributed by atoms with Crippen molar-refractivity contribution in [2.24, 2.45) is 0 Å². The Kier molecular flexibility index (Phi) is 3.12. The third-order valence-electron chi connectivity index (χ3n) is 3.08. The number of carboxylic acid groups (broad SMARTS) is 1. The van der Waals surface area contributed by atoms with Crippen molar-refractivity contribution in [3.63, 3.8) is 0 Å². The highest BCUT2D eigenvalue weighted by Gasteiger charge is 2.08. The van der Waals surface area contributed by atoms with Crippen LogP contribution in [0.2, 0.25) is 5.02 Å². The number of hydrogen-bond acceptors (Lipinski definition) is 2. The maximum atomic E-state index is 11.1. The molecule has 0 radical (unpaired) electrons. The van der Waals surface area contributed by atoms with Crippen molar-refractivity contribution in [3.05, 3.63) is 65.3 Å². The molecule has 0 saturated carbocycles. The van der Waals surface area contributed by atoms with Crippen LogP contribution in [0.5, 0.6) is 0 Å². The minimum absolute atomic E-state index is 0.175. The lowest BCUT2D eigenvalue weighted by atomic mass is 10.0. The van der Waals surface area contributed by atoms with Gasteiger partial charge in [-0.3, -0.25) is 4.98 Å². The number of aromatic nitrogens is 1. The van der Waals surface area contributed by atoms with Crippen LogP contribution in [0.1, 0.15) is 10.4 Å². The molecule has 0 amide bonds. The Morgan fingerprint density at radius 3 is 2.70 bits per heavy atom. The Hall–Kier alpha value is -2.39. The average Bonchev–Trinajstić information content (AvgIpc) is 2.46. The van der Waals surface area contributed by atoms with E-state index in [0.29, 0.717) is 5.02 Å². The molecule has 0 unspecified atom stereocenters. The van der Waals surface area contributed by atoms with E-state index in [0.717, 1.165) is 22.0 Å². The van der Waals surface area contributed by atoms with Crippen LogP contribution < -0.4 is 0 Å². The molecular weight excluding hydrogens is 274 g/mol. The lowest BCUT2D eigenvalue weighted by Crippen LogP contribution is -1.96. The van der Waals surface area contributed by atoms with Crippen molar-refractivity contribution in [1.29, 1.82) is 0 Å². The van der Waals surface area contributed by atoms with E-state index >= 15 is 0 Å². The van der Waals surface area contributed by atoms with Crippen molar-refractivity contribution in [2.75, 3.05) is 0 Å². The average molecular weight is 284 g/mol. The Labute approximate surface area is 120 Å². The van der Waals surface area contributed by atoms with Gasteiger partial charge in [-0.25, -0.2) is 4.79 Å². The van der Waals surface area contributed by atoms with Crippen LogP contribution in [0.25, 0.3) is 22.0 Å². The maximum absolute atomic E-state index is 11.1.